The van der Waals surface area contributed by atoms with Gasteiger partial charge in [0, 0.05) is 24.1 Å². The average molecular weight is 447 g/mol. The van der Waals surface area contributed by atoms with E-state index in [0.717, 1.165) is 21.3 Å². The summed E-state index contributed by atoms with van der Waals surface area (Å²) in [6.07, 6.45) is 0. The molecule has 6 nitrogen and oxygen atoms in total. The smallest absolute Gasteiger partial charge is 0.264 e. The molecule has 2 aromatic heterocycles. The van der Waals surface area contributed by atoms with Crippen LogP contribution in [0, 0.1) is 6.92 Å². The molecule has 1 N–H and O–H groups in total. The third-order valence-corrected chi connectivity index (χ3v) is 5.46. The standard InChI is InChI=1S/C19H19BrN4O2S/c1-12-17(13-6-8-14(20)9-7-13)18(24(3)22-12)21-16(25)11-23(2)19(26)15-5-4-10-27-15/h4-10H,11H2,1-3H3,(H,21,25). The number of halogens is 1. The average Bonchev–Trinajstić information content (AvgIpc) is 3.24. The summed E-state index contributed by atoms with van der Waals surface area (Å²) in [5, 5.41) is 9.17. The fourth-order valence-electron chi connectivity index (χ4n) is 2.81. The van der Waals surface area contributed by atoms with Gasteiger partial charge in [-0.25, -0.2) is 0 Å². The Morgan fingerprint density at radius 2 is 1.96 bits per heavy atom. The van der Waals surface area contributed by atoms with Crippen LogP contribution < -0.4 is 5.32 Å². The van der Waals surface area contributed by atoms with Crippen LogP contribution in [0.2, 0.25) is 0 Å². The topological polar surface area (TPSA) is 67.2 Å². The maximum atomic E-state index is 12.5. The number of nitrogens with zero attached hydrogens (tertiary/aromatic N) is 3. The molecule has 0 spiro atoms. The van der Waals surface area contributed by atoms with Crippen LogP contribution >= 0.6 is 27.3 Å². The second-order valence-corrected chi connectivity index (χ2v) is 7.99. The number of nitrogens with one attached hydrogen (secondary N) is 1. The van der Waals surface area contributed by atoms with Crippen molar-refractivity contribution in [1.82, 2.24) is 14.7 Å². The minimum absolute atomic E-state index is 0.0409. The van der Waals surface area contributed by atoms with Crippen LogP contribution in [0.5, 0.6) is 0 Å². The first-order valence-corrected chi connectivity index (χ1v) is 9.92. The first kappa shape index (κ1) is 19.3. The van der Waals surface area contributed by atoms with Crippen molar-refractivity contribution in [3.63, 3.8) is 0 Å². The van der Waals surface area contributed by atoms with Crippen molar-refractivity contribution in [2.75, 3.05) is 18.9 Å². The third-order valence-electron chi connectivity index (χ3n) is 4.07. The lowest BCUT2D eigenvalue weighted by molar-refractivity contribution is -0.116. The molecule has 0 aliphatic carbocycles. The highest BCUT2D eigenvalue weighted by molar-refractivity contribution is 9.10. The fraction of sp³-hybridized carbons (Fsp3) is 0.211. The van der Waals surface area contributed by atoms with E-state index in [9.17, 15) is 9.59 Å². The lowest BCUT2D eigenvalue weighted by atomic mass is 10.1. The van der Waals surface area contributed by atoms with Crippen LogP contribution in [-0.2, 0) is 11.8 Å². The molecular weight excluding hydrogens is 428 g/mol. The molecule has 0 bridgehead atoms. The molecule has 3 rings (SSSR count). The van der Waals surface area contributed by atoms with E-state index in [1.807, 2.05) is 42.6 Å². The van der Waals surface area contributed by atoms with Gasteiger partial charge >= 0.3 is 0 Å². The number of likely N-dealkylation sites (N-methyl/N-ethyl adjacent to an activating group) is 1. The summed E-state index contributed by atoms with van der Waals surface area (Å²) < 4.78 is 2.62. The second kappa shape index (κ2) is 8.06. The number of anilines is 1. The summed E-state index contributed by atoms with van der Waals surface area (Å²) in [4.78, 5) is 26.9. The highest BCUT2D eigenvalue weighted by Crippen LogP contribution is 2.31. The number of hydrogen-bond acceptors (Lipinski definition) is 4. The van der Waals surface area contributed by atoms with Crippen LogP contribution in [-0.4, -0.2) is 40.1 Å². The molecule has 3 aromatic rings. The van der Waals surface area contributed by atoms with E-state index in [4.69, 9.17) is 0 Å². The SMILES string of the molecule is Cc1nn(C)c(NC(=O)CN(C)C(=O)c2cccs2)c1-c1ccc(Br)cc1. The molecule has 0 unspecified atom stereocenters. The largest absolute Gasteiger partial charge is 0.332 e. The Kier molecular flexibility index (Phi) is 5.76. The van der Waals surface area contributed by atoms with Crippen molar-refractivity contribution in [2.45, 2.75) is 6.92 Å². The molecule has 140 valence electrons. The van der Waals surface area contributed by atoms with Gasteiger partial charge in [0.05, 0.1) is 17.1 Å². The molecule has 0 atom stereocenters. The molecule has 2 heterocycles. The Morgan fingerprint density at radius 3 is 2.59 bits per heavy atom. The van der Waals surface area contributed by atoms with Gasteiger partial charge in [0.2, 0.25) is 5.91 Å². The number of benzene rings is 1. The van der Waals surface area contributed by atoms with Crippen LogP contribution in [0.4, 0.5) is 5.82 Å². The monoisotopic (exact) mass is 446 g/mol. The molecule has 0 aliphatic heterocycles. The lowest BCUT2D eigenvalue weighted by Gasteiger charge is -2.16. The molecule has 1 aromatic carbocycles. The van der Waals surface area contributed by atoms with Crippen molar-refractivity contribution >= 4 is 44.9 Å². The van der Waals surface area contributed by atoms with E-state index in [0.29, 0.717) is 10.7 Å². The third kappa shape index (κ3) is 4.28. The molecule has 8 heteroatoms. The van der Waals surface area contributed by atoms with Gasteiger partial charge in [-0.3, -0.25) is 14.3 Å². The first-order chi connectivity index (χ1) is 12.9. The maximum absolute atomic E-state index is 12.5. The van der Waals surface area contributed by atoms with Crippen molar-refractivity contribution in [1.29, 1.82) is 0 Å². The van der Waals surface area contributed by atoms with Gasteiger partial charge in [-0.15, -0.1) is 11.3 Å². The minimum Gasteiger partial charge on any atom is -0.332 e. The molecule has 0 radical (unpaired) electrons. The van der Waals surface area contributed by atoms with E-state index < -0.39 is 0 Å². The van der Waals surface area contributed by atoms with E-state index in [2.05, 4.69) is 26.3 Å². The van der Waals surface area contributed by atoms with E-state index >= 15 is 0 Å². The van der Waals surface area contributed by atoms with Crippen LogP contribution in [0.3, 0.4) is 0 Å². The van der Waals surface area contributed by atoms with Crippen LogP contribution in [0.25, 0.3) is 11.1 Å². The Bertz CT molecular complexity index is 965. The number of rotatable bonds is 5. The van der Waals surface area contributed by atoms with Crippen molar-refractivity contribution < 1.29 is 9.59 Å². The zero-order valence-corrected chi connectivity index (χ0v) is 17.6. The van der Waals surface area contributed by atoms with Crippen LogP contribution in [0.1, 0.15) is 15.4 Å². The maximum Gasteiger partial charge on any atom is 0.264 e. The van der Waals surface area contributed by atoms with E-state index in [-0.39, 0.29) is 18.4 Å². The lowest BCUT2D eigenvalue weighted by Crippen LogP contribution is -2.35. The normalized spacial score (nSPS) is 10.7. The van der Waals surface area contributed by atoms with E-state index in [1.54, 1.807) is 24.8 Å². The van der Waals surface area contributed by atoms with Crippen molar-refractivity contribution in [2.24, 2.45) is 7.05 Å². The quantitative estimate of drug-likeness (QED) is 0.645. The summed E-state index contributed by atoms with van der Waals surface area (Å²) in [7, 11) is 3.40. The molecule has 0 saturated heterocycles. The Hall–Kier alpha value is -2.45. The molecule has 27 heavy (non-hydrogen) atoms. The number of aryl methyl sites for hydroxylation is 2. The summed E-state index contributed by atoms with van der Waals surface area (Å²) in [6, 6.07) is 11.4. The fourth-order valence-corrected chi connectivity index (χ4v) is 3.79. The molecular formula is C19H19BrN4O2S. The summed E-state index contributed by atoms with van der Waals surface area (Å²) in [6.45, 7) is 1.86. The van der Waals surface area contributed by atoms with Gasteiger partial charge in [-0.2, -0.15) is 5.10 Å². The zero-order valence-electron chi connectivity index (χ0n) is 15.2. The second-order valence-electron chi connectivity index (χ2n) is 6.13. The Labute approximate surface area is 169 Å². The highest BCUT2D eigenvalue weighted by atomic mass is 79.9. The zero-order chi connectivity index (χ0) is 19.6. The Balaban J connectivity index is 1.78. The summed E-state index contributed by atoms with van der Waals surface area (Å²) >= 11 is 4.79. The van der Waals surface area contributed by atoms with Crippen molar-refractivity contribution in [3.05, 3.63) is 56.8 Å². The van der Waals surface area contributed by atoms with Gasteiger partial charge in [-0.05, 0) is 36.1 Å². The number of carbonyl (C=O) groups excluding carboxylic acids is 2. The van der Waals surface area contributed by atoms with Crippen molar-refractivity contribution in [3.8, 4) is 11.1 Å². The summed E-state index contributed by atoms with van der Waals surface area (Å²) in [5.41, 5.74) is 2.64. The van der Waals surface area contributed by atoms with Gasteiger partial charge < -0.3 is 10.2 Å². The summed E-state index contributed by atoms with van der Waals surface area (Å²) in [5.74, 6) is 0.162. The molecule has 0 aliphatic rings. The predicted molar refractivity (Wildman–Crippen MR) is 111 cm³/mol. The highest BCUT2D eigenvalue weighted by Gasteiger charge is 2.20. The van der Waals surface area contributed by atoms with Crippen LogP contribution in [0.15, 0.2) is 46.3 Å². The Morgan fingerprint density at radius 1 is 1.26 bits per heavy atom. The number of thiophene rings is 1. The number of hydrogen-bond donors (Lipinski definition) is 1. The predicted octanol–water partition coefficient (Wildman–Crippen LogP) is 3.93. The number of amides is 2. The van der Waals surface area contributed by atoms with Gasteiger partial charge in [-0.1, -0.05) is 34.1 Å². The number of carbonyl (C=O) groups is 2. The number of aromatic nitrogens is 2. The van der Waals surface area contributed by atoms with E-state index in [1.165, 1.54) is 16.2 Å². The minimum atomic E-state index is -0.274. The van der Waals surface area contributed by atoms with Gasteiger partial charge in [0.15, 0.2) is 0 Å². The molecule has 0 saturated carbocycles. The van der Waals surface area contributed by atoms with Gasteiger partial charge in [0.25, 0.3) is 5.91 Å². The molecule has 2 amide bonds. The van der Waals surface area contributed by atoms with Gasteiger partial charge in [0.1, 0.15) is 5.82 Å². The molecule has 0 fully saturated rings. The first-order valence-electron chi connectivity index (χ1n) is 8.25.